The number of aryl methyl sites for hydroxylation is 2. The van der Waals surface area contributed by atoms with Gasteiger partial charge in [-0.2, -0.15) is 0 Å². The minimum atomic E-state index is -0.176. The molecule has 2 rings (SSSR count). The Hall–Kier alpha value is -0.940. The zero-order valence-corrected chi connectivity index (χ0v) is 14.9. The van der Waals surface area contributed by atoms with Crippen molar-refractivity contribution in [3.8, 4) is 0 Å². The quantitative estimate of drug-likeness (QED) is 0.705. The molecule has 0 radical (unpaired) electrons. The first-order chi connectivity index (χ1) is 10.0. The third-order valence-corrected chi connectivity index (χ3v) is 4.65. The van der Waals surface area contributed by atoms with Crippen LogP contribution in [0.5, 0.6) is 0 Å². The van der Waals surface area contributed by atoms with Crippen molar-refractivity contribution in [1.82, 2.24) is 5.32 Å². The van der Waals surface area contributed by atoms with Crippen molar-refractivity contribution < 1.29 is 4.39 Å². The van der Waals surface area contributed by atoms with Crippen molar-refractivity contribution in [3.63, 3.8) is 0 Å². The Morgan fingerprint density at radius 3 is 2.57 bits per heavy atom. The number of benzene rings is 2. The fourth-order valence-electron chi connectivity index (χ4n) is 2.56. The molecule has 3 heteroatoms. The minimum Gasteiger partial charge on any atom is -0.310 e. The first-order valence-electron chi connectivity index (χ1n) is 7.25. The molecule has 0 fully saturated rings. The molecule has 112 valence electrons. The van der Waals surface area contributed by atoms with E-state index < -0.39 is 0 Å². The lowest BCUT2D eigenvalue weighted by Crippen LogP contribution is -2.24. The van der Waals surface area contributed by atoms with Crippen molar-refractivity contribution in [2.24, 2.45) is 0 Å². The van der Waals surface area contributed by atoms with Crippen LogP contribution in [0, 0.1) is 23.2 Å². The molecule has 0 aromatic heterocycles. The van der Waals surface area contributed by atoms with Gasteiger partial charge in [0.15, 0.2) is 0 Å². The first-order valence-corrected chi connectivity index (χ1v) is 8.33. The number of halogens is 2. The van der Waals surface area contributed by atoms with Gasteiger partial charge in [-0.3, -0.25) is 0 Å². The van der Waals surface area contributed by atoms with Crippen LogP contribution in [-0.4, -0.2) is 6.54 Å². The van der Waals surface area contributed by atoms with E-state index in [1.54, 1.807) is 12.1 Å². The molecule has 1 unspecified atom stereocenters. The summed E-state index contributed by atoms with van der Waals surface area (Å²) in [6.45, 7) is 7.26. The van der Waals surface area contributed by atoms with E-state index in [-0.39, 0.29) is 11.9 Å². The lowest BCUT2D eigenvalue weighted by Gasteiger charge is -2.21. The Balaban J connectivity index is 2.32. The van der Waals surface area contributed by atoms with Crippen LogP contribution in [0.4, 0.5) is 4.39 Å². The number of likely N-dealkylation sites (N-methyl/N-ethyl adjacent to an activating group) is 1. The van der Waals surface area contributed by atoms with Gasteiger partial charge >= 0.3 is 0 Å². The molecule has 0 bridgehead atoms. The summed E-state index contributed by atoms with van der Waals surface area (Å²) < 4.78 is 14.3. The van der Waals surface area contributed by atoms with E-state index in [2.05, 4.69) is 66.9 Å². The van der Waals surface area contributed by atoms with Crippen LogP contribution in [0.1, 0.15) is 35.2 Å². The summed E-state index contributed by atoms with van der Waals surface area (Å²) in [5.74, 6) is -0.176. The normalized spacial score (nSPS) is 12.4. The van der Waals surface area contributed by atoms with E-state index >= 15 is 0 Å². The van der Waals surface area contributed by atoms with Crippen molar-refractivity contribution >= 4 is 22.6 Å². The van der Waals surface area contributed by atoms with E-state index in [0.717, 1.165) is 16.5 Å². The van der Waals surface area contributed by atoms with Gasteiger partial charge in [-0.15, -0.1) is 0 Å². The second-order valence-corrected chi connectivity index (χ2v) is 6.57. The summed E-state index contributed by atoms with van der Waals surface area (Å²) in [5.41, 5.74) is 5.10. The van der Waals surface area contributed by atoms with E-state index in [4.69, 9.17) is 0 Å². The molecule has 0 heterocycles. The summed E-state index contributed by atoms with van der Waals surface area (Å²) in [6, 6.07) is 11.8. The maximum Gasteiger partial charge on any atom is 0.124 e. The topological polar surface area (TPSA) is 12.0 Å². The number of nitrogens with one attached hydrogen (secondary N) is 1. The Bertz CT molecular complexity index is 625. The molecule has 0 spiro atoms. The maximum absolute atomic E-state index is 13.3. The third-order valence-electron chi connectivity index (χ3n) is 3.72. The van der Waals surface area contributed by atoms with Crippen molar-refractivity contribution in [2.45, 2.75) is 33.2 Å². The fraction of sp³-hybridized carbons (Fsp3) is 0.333. The molecule has 1 atom stereocenters. The van der Waals surface area contributed by atoms with Crippen LogP contribution < -0.4 is 5.32 Å². The lowest BCUT2D eigenvalue weighted by molar-refractivity contribution is 0.543. The van der Waals surface area contributed by atoms with Crippen LogP contribution >= 0.6 is 22.6 Å². The highest BCUT2D eigenvalue weighted by molar-refractivity contribution is 14.1. The standard InChI is InChI=1S/C18H21FIN/c1-4-21-18(16-8-7-15(19)11-17(16)20)10-14-9-12(2)5-6-13(14)3/h5-9,11,18,21H,4,10H2,1-3H3. The molecule has 0 saturated heterocycles. The van der Waals surface area contributed by atoms with Gasteiger partial charge in [-0.1, -0.05) is 36.8 Å². The van der Waals surface area contributed by atoms with Gasteiger partial charge in [0.2, 0.25) is 0 Å². The second kappa shape index (κ2) is 7.36. The minimum absolute atomic E-state index is 0.176. The SMILES string of the molecule is CCNC(Cc1cc(C)ccc1C)c1ccc(F)cc1I. The zero-order chi connectivity index (χ0) is 15.4. The van der Waals surface area contributed by atoms with Gasteiger partial charge in [-0.25, -0.2) is 4.39 Å². The smallest absolute Gasteiger partial charge is 0.124 e. The largest absolute Gasteiger partial charge is 0.310 e. The van der Waals surface area contributed by atoms with Crippen molar-refractivity contribution in [2.75, 3.05) is 6.54 Å². The van der Waals surface area contributed by atoms with E-state index in [1.807, 2.05) is 6.07 Å². The van der Waals surface area contributed by atoms with Gasteiger partial charge in [0, 0.05) is 9.61 Å². The molecule has 1 N–H and O–H groups in total. The predicted octanol–water partition coefficient (Wildman–Crippen LogP) is 4.94. The molecule has 2 aromatic carbocycles. The van der Waals surface area contributed by atoms with E-state index in [0.29, 0.717) is 0 Å². The summed E-state index contributed by atoms with van der Waals surface area (Å²) in [4.78, 5) is 0. The summed E-state index contributed by atoms with van der Waals surface area (Å²) >= 11 is 2.22. The molecule has 2 aromatic rings. The Labute approximate surface area is 140 Å². The molecule has 1 nitrogen and oxygen atoms in total. The van der Waals surface area contributed by atoms with Gasteiger partial charge in [0.05, 0.1) is 0 Å². The molecular formula is C18H21FIN. The first kappa shape index (κ1) is 16.4. The highest BCUT2D eigenvalue weighted by Gasteiger charge is 2.16. The van der Waals surface area contributed by atoms with Crippen LogP contribution in [0.2, 0.25) is 0 Å². The molecule has 21 heavy (non-hydrogen) atoms. The molecular weight excluding hydrogens is 376 g/mol. The molecule has 0 aliphatic heterocycles. The van der Waals surface area contributed by atoms with Crippen molar-refractivity contribution in [3.05, 3.63) is 68.0 Å². The Morgan fingerprint density at radius 1 is 1.14 bits per heavy atom. The van der Waals surface area contributed by atoms with Crippen molar-refractivity contribution in [1.29, 1.82) is 0 Å². The molecule has 0 aliphatic rings. The summed E-state index contributed by atoms with van der Waals surface area (Å²) in [7, 11) is 0. The van der Waals surface area contributed by atoms with E-state index in [9.17, 15) is 4.39 Å². The molecule has 0 amide bonds. The molecule has 0 aliphatic carbocycles. The molecule has 0 saturated carbocycles. The Kier molecular flexibility index (Phi) is 5.76. The number of rotatable bonds is 5. The van der Waals surface area contributed by atoms with Gasteiger partial charge in [0.25, 0.3) is 0 Å². The van der Waals surface area contributed by atoms with Crippen LogP contribution in [-0.2, 0) is 6.42 Å². The van der Waals surface area contributed by atoms with Gasteiger partial charge in [0.1, 0.15) is 5.82 Å². The van der Waals surface area contributed by atoms with Crippen LogP contribution in [0.15, 0.2) is 36.4 Å². The predicted molar refractivity (Wildman–Crippen MR) is 95.2 cm³/mol. The van der Waals surface area contributed by atoms with Crippen LogP contribution in [0.25, 0.3) is 0 Å². The average Bonchev–Trinajstić information content (AvgIpc) is 2.42. The maximum atomic E-state index is 13.3. The average molecular weight is 397 g/mol. The van der Waals surface area contributed by atoms with Crippen LogP contribution in [0.3, 0.4) is 0 Å². The van der Waals surface area contributed by atoms with E-state index in [1.165, 1.54) is 22.3 Å². The fourth-order valence-corrected chi connectivity index (χ4v) is 3.42. The number of hydrogen-bond donors (Lipinski definition) is 1. The van der Waals surface area contributed by atoms with Gasteiger partial charge < -0.3 is 5.32 Å². The third kappa shape index (κ3) is 4.27. The second-order valence-electron chi connectivity index (χ2n) is 5.41. The Morgan fingerprint density at radius 2 is 1.90 bits per heavy atom. The zero-order valence-electron chi connectivity index (χ0n) is 12.7. The number of hydrogen-bond acceptors (Lipinski definition) is 1. The monoisotopic (exact) mass is 397 g/mol. The highest BCUT2D eigenvalue weighted by Crippen LogP contribution is 2.26. The lowest BCUT2D eigenvalue weighted by atomic mass is 9.95. The highest BCUT2D eigenvalue weighted by atomic mass is 127. The summed E-state index contributed by atoms with van der Waals surface area (Å²) in [6.07, 6.45) is 0.920. The summed E-state index contributed by atoms with van der Waals surface area (Å²) in [5, 5.41) is 3.53. The van der Waals surface area contributed by atoms with Gasteiger partial charge in [-0.05, 0) is 78.2 Å².